The van der Waals surface area contributed by atoms with E-state index in [-0.39, 0.29) is 5.97 Å². The van der Waals surface area contributed by atoms with Crippen LogP contribution in [0.1, 0.15) is 43.7 Å². The topological polar surface area (TPSA) is 44.8 Å². The Balaban J connectivity index is 2.48. The number of rotatable bonds is 7. The third kappa shape index (κ3) is 3.81. The molecule has 0 aliphatic heterocycles. The summed E-state index contributed by atoms with van der Waals surface area (Å²) in [4.78, 5) is 11.3. The zero-order valence-electron chi connectivity index (χ0n) is 15.1. The third-order valence-corrected chi connectivity index (χ3v) is 4.31. The van der Waals surface area contributed by atoms with E-state index in [1.807, 2.05) is 12.1 Å². The molecule has 0 N–H and O–H groups in total. The van der Waals surface area contributed by atoms with E-state index in [9.17, 15) is 4.79 Å². The van der Waals surface area contributed by atoms with Gasteiger partial charge >= 0.3 is 5.97 Å². The van der Waals surface area contributed by atoms with Gasteiger partial charge in [0.05, 0.1) is 21.3 Å². The van der Waals surface area contributed by atoms with Gasteiger partial charge in [0.25, 0.3) is 0 Å². The van der Waals surface area contributed by atoms with E-state index in [1.54, 1.807) is 14.2 Å². The van der Waals surface area contributed by atoms with Crippen LogP contribution < -0.4 is 9.47 Å². The van der Waals surface area contributed by atoms with Crippen molar-refractivity contribution in [3.05, 3.63) is 35.4 Å². The summed E-state index contributed by atoms with van der Waals surface area (Å²) in [6.07, 6.45) is 2.01. The van der Waals surface area contributed by atoms with E-state index in [1.165, 1.54) is 18.2 Å². The molecule has 4 heteroatoms. The molecule has 0 unspecified atom stereocenters. The second-order valence-electron chi connectivity index (χ2n) is 6.15. The molecule has 0 amide bonds. The first-order valence-electron chi connectivity index (χ1n) is 8.26. The maximum absolute atomic E-state index is 11.3. The quantitative estimate of drug-likeness (QED) is 0.702. The minimum Gasteiger partial charge on any atom is -0.496 e. The van der Waals surface area contributed by atoms with Gasteiger partial charge < -0.3 is 14.2 Å². The van der Waals surface area contributed by atoms with Crippen LogP contribution in [-0.4, -0.2) is 27.3 Å². The summed E-state index contributed by atoms with van der Waals surface area (Å²) in [5, 5.41) is 2.19. The van der Waals surface area contributed by atoms with Gasteiger partial charge in [-0.3, -0.25) is 4.79 Å². The number of carbonyl (C=O) groups is 1. The zero-order chi connectivity index (χ0) is 17.7. The van der Waals surface area contributed by atoms with Gasteiger partial charge in [0.2, 0.25) is 0 Å². The average Bonchev–Trinajstić information content (AvgIpc) is 2.60. The van der Waals surface area contributed by atoms with Gasteiger partial charge in [0.1, 0.15) is 11.5 Å². The minimum absolute atomic E-state index is 0.169. The Labute approximate surface area is 143 Å². The maximum Gasteiger partial charge on any atom is 0.305 e. The number of aryl methyl sites for hydroxylation is 1. The SMILES string of the molecule is COC(=O)CCCc1ccc(OC)c2cc(OC)c(C(C)C)cc12. The largest absolute Gasteiger partial charge is 0.496 e. The van der Waals surface area contributed by atoms with Crippen molar-refractivity contribution in [1.29, 1.82) is 0 Å². The van der Waals surface area contributed by atoms with E-state index in [4.69, 9.17) is 14.2 Å². The number of benzene rings is 2. The standard InChI is InChI=1S/C20H26O4/c1-13(2)15-11-16-14(7-6-8-20(21)24-5)9-10-18(22-3)17(16)12-19(15)23-4/h9-13H,6-8H2,1-5H3. The van der Waals surface area contributed by atoms with Crippen LogP contribution in [0, 0.1) is 0 Å². The lowest BCUT2D eigenvalue weighted by Crippen LogP contribution is -2.01. The van der Waals surface area contributed by atoms with Gasteiger partial charge in [-0.1, -0.05) is 19.9 Å². The van der Waals surface area contributed by atoms with Crippen LogP contribution in [0.3, 0.4) is 0 Å². The summed E-state index contributed by atoms with van der Waals surface area (Å²) >= 11 is 0. The second kappa shape index (κ2) is 8.04. The molecule has 130 valence electrons. The average molecular weight is 330 g/mol. The van der Waals surface area contributed by atoms with Crippen LogP contribution in [0.5, 0.6) is 11.5 Å². The molecular weight excluding hydrogens is 304 g/mol. The molecule has 2 rings (SSSR count). The van der Waals surface area contributed by atoms with Crippen molar-refractivity contribution in [3.63, 3.8) is 0 Å². The molecule has 2 aromatic carbocycles. The van der Waals surface area contributed by atoms with Crippen molar-refractivity contribution < 1.29 is 19.0 Å². The van der Waals surface area contributed by atoms with E-state index in [0.717, 1.165) is 35.1 Å². The van der Waals surface area contributed by atoms with E-state index >= 15 is 0 Å². The Morgan fingerprint density at radius 1 is 1.00 bits per heavy atom. The summed E-state index contributed by atoms with van der Waals surface area (Å²) < 4.78 is 15.8. The van der Waals surface area contributed by atoms with Crippen molar-refractivity contribution in [2.75, 3.05) is 21.3 Å². The molecule has 0 aliphatic carbocycles. The lowest BCUT2D eigenvalue weighted by atomic mass is 9.93. The van der Waals surface area contributed by atoms with Crippen LogP contribution >= 0.6 is 0 Å². The lowest BCUT2D eigenvalue weighted by molar-refractivity contribution is -0.140. The highest BCUT2D eigenvalue weighted by atomic mass is 16.5. The van der Waals surface area contributed by atoms with Crippen LogP contribution in [0.15, 0.2) is 24.3 Å². The van der Waals surface area contributed by atoms with E-state index in [0.29, 0.717) is 12.3 Å². The van der Waals surface area contributed by atoms with Crippen molar-refractivity contribution >= 4 is 16.7 Å². The third-order valence-electron chi connectivity index (χ3n) is 4.31. The fourth-order valence-electron chi connectivity index (χ4n) is 2.97. The highest BCUT2D eigenvalue weighted by Gasteiger charge is 2.14. The molecule has 24 heavy (non-hydrogen) atoms. The molecule has 0 saturated heterocycles. The molecule has 0 aliphatic rings. The molecule has 4 nitrogen and oxygen atoms in total. The number of hydrogen-bond acceptors (Lipinski definition) is 4. The maximum atomic E-state index is 11.3. The van der Waals surface area contributed by atoms with Crippen molar-refractivity contribution in [2.45, 2.75) is 39.0 Å². The van der Waals surface area contributed by atoms with Crippen molar-refractivity contribution in [1.82, 2.24) is 0 Å². The molecule has 0 spiro atoms. The first kappa shape index (κ1) is 18.1. The fourth-order valence-corrected chi connectivity index (χ4v) is 2.97. The first-order valence-corrected chi connectivity index (χ1v) is 8.26. The summed E-state index contributed by atoms with van der Waals surface area (Å²) in [5.74, 6) is 1.90. The number of hydrogen-bond donors (Lipinski definition) is 0. The van der Waals surface area contributed by atoms with Gasteiger partial charge in [0.15, 0.2) is 0 Å². The number of fused-ring (bicyclic) bond motifs is 1. The number of carbonyl (C=O) groups excluding carboxylic acids is 1. The minimum atomic E-state index is -0.169. The normalized spacial score (nSPS) is 10.9. The van der Waals surface area contributed by atoms with Gasteiger partial charge in [-0.05, 0) is 53.5 Å². The molecule has 0 atom stereocenters. The molecule has 0 saturated carbocycles. The Kier molecular flexibility index (Phi) is 6.07. The molecule has 0 radical (unpaired) electrons. The van der Waals surface area contributed by atoms with Gasteiger partial charge in [0, 0.05) is 11.8 Å². The predicted molar refractivity (Wildman–Crippen MR) is 96.1 cm³/mol. The lowest BCUT2D eigenvalue weighted by Gasteiger charge is -2.17. The molecule has 0 heterocycles. The van der Waals surface area contributed by atoms with Crippen LogP contribution in [0.2, 0.25) is 0 Å². The van der Waals surface area contributed by atoms with Crippen molar-refractivity contribution in [3.8, 4) is 11.5 Å². The van der Waals surface area contributed by atoms with E-state index < -0.39 is 0 Å². The molecule has 2 aromatic rings. The highest BCUT2D eigenvalue weighted by molar-refractivity contribution is 5.93. The Morgan fingerprint density at radius 2 is 1.71 bits per heavy atom. The van der Waals surface area contributed by atoms with Gasteiger partial charge in [-0.2, -0.15) is 0 Å². The smallest absolute Gasteiger partial charge is 0.305 e. The Morgan fingerprint density at radius 3 is 2.29 bits per heavy atom. The summed E-state index contributed by atoms with van der Waals surface area (Å²) in [6, 6.07) is 8.29. The summed E-state index contributed by atoms with van der Waals surface area (Å²) in [6.45, 7) is 4.31. The summed E-state index contributed by atoms with van der Waals surface area (Å²) in [5.41, 5.74) is 2.38. The Bertz CT molecular complexity index is 719. The first-order chi connectivity index (χ1) is 11.5. The zero-order valence-corrected chi connectivity index (χ0v) is 15.1. The number of esters is 1. The monoisotopic (exact) mass is 330 g/mol. The highest BCUT2D eigenvalue weighted by Crippen LogP contribution is 2.37. The molecule has 0 fully saturated rings. The number of methoxy groups -OCH3 is 3. The molecule has 0 bridgehead atoms. The van der Waals surface area contributed by atoms with E-state index in [2.05, 4.69) is 26.0 Å². The van der Waals surface area contributed by atoms with Gasteiger partial charge in [-0.15, -0.1) is 0 Å². The van der Waals surface area contributed by atoms with Gasteiger partial charge in [-0.25, -0.2) is 0 Å². The molecular formula is C20H26O4. The van der Waals surface area contributed by atoms with Crippen LogP contribution in [0.25, 0.3) is 10.8 Å². The van der Waals surface area contributed by atoms with Crippen LogP contribution in [0.4, 0.5) is 0 Å². The number of ether oxygens (including phenoxy) is 3. The fraction of sp³-hybridized carbons (Fsp3) is 0.450. The summed E-state index contributed by atoms with van der Waals surface area (Å²) in [7, 11) is 4.79. The molecule has 0 aromatic heterocycles. The Hall–Kier alpha value is -2.23. The second-order valence-corrected chi connectivity index (χ2v) is 6.15. The van der Waals surface area contributed by atoms with Crippen molar-refractivity contribution in [2.24, 2.45) is 0 Å². The van der Waals surface area contributed by atoms with Crippen LogP contribution in [-0.2, 0) is 16.0 Å². The predicted octanol–water partition coefficient (Wildman–Crippen LogP) is 4.48.